The summed E-state index contributed by atoms with van der Waals surface area (Å²) in [7, 11) is 4.24. The van der Waals surface area contributed by atoms with Gasteiger partial charge in [0.1, 0.15) is 0 Å². The molecule has 0 bridgehead atoms. The van der Waals surface area contributed by atoms with E-state index in [0.717, 1.165) is 49.3 Å². The Labute approximate surface area is 210 Å². The topological polar surface area (TPSA) is 53.8 Å². The molecule has 9 heteroatoms. The summed E-state index contributed by atoms with van der Waals surface area (Å²) in [6.07, 6.45) is -2.20. The van der Waals surface area contributed by atoms with Gasteiger partial charge in [-0.15, -0.1) is 0 Å². The molecule has 2 fully saturated rings. The Morgan fingerprint density at radius 1 is 1.00 bits per heavy atom. The van der Waals surface area contributed by atoms with Gasteiger partial charge in [-0.1, -0.05) is 0 Å². The lowest BCUT2D eigenvalue weighted by Gasteiger charge is -2.37. The van der Waals surface area contributed by atoms with Crippen LogP contribution in [0.2, 0.25) is 0 Å². The third kappa shape index (κ3) is 6.00. The largest absolute Gasteiger partial charge is 0.416 e. The zero-order valence-corrected chi connectivity index (χ0v) is 20.8. The van der Waals surface area contributed by atoms with E-state index >= 15 is 0 Å². The number of hydrogen-bond acceptors (Lipinski definition) is 5. The molecule has 0 saturated carbocycles. The predicted octanol–water partition coefficient (Wildman–Crippen LogP) is 4.07. The van der Waals surface area contributed by atoms with Crippen molar-refractivity contribution < 1.29 is 18.0 Å². The van der Waals surface area contributed by atoms with E-state index in [9.17, 15) is 23.2 Å². The minimum absolute atomic E-state index is 0.258. The number of alkyl halides is 3. The standard InChI is InChI=1S/C27H32F3N5O/c1-32(2)24-9-11-34(12-10-24)25-8-5-21(18-31)22(17-25)19-33-13-15-35(16-14-33)26(36)20-3-6-23(7-4-20)27(28,29)30/h3-8,17,24H,9-16,19H2,1-2H3. The minimum atomic E-state index is -4.42. The Balaban J connectivity index is 1.36. The number of nitrogens with zero attached hydrogens (tertiary/aromatic N) is 5. The summed E-state index contributed by atoms with van der Waals surface area (Å²) in [5, 5.41) is 9.64. The Hall–Kier alpha value is -3.09. The minimum Gasteiger partial charge on any atom is -0.371 e. The molecule has 2 aromatic rings. The summed E-state index contributed by atoms with van der Waals surface area (Å²) >= 11 is 0. The van der Waals surface area contributed by atoms with Crippen molar-refractivity contribution in [2.24, 2.45) is 0 Å². The number of piperazine rings is 1. The highest BCUT2D eigenvalue weighted by Gasteiger charge is 2.31. The Morgan fingerprint density at radius 2 is 1.64 bits per heavy atom. The van der Waals surface area contributed by atoms with Crippen LogP contribution < -0.4 is 4.90 Å². The summed E-state index contributed by atoms with van der Waals surface area (Å²) in [5.74, 6) is -0.260. The molecule has 2 aliphatic heterocycles. The van der Waals surface area contributed by atoms with Crippen LogP contribution in [0.15, 0.2) is 42.5 Å². The number of hydrogen-bond donors (Lipinski definition) is 0. The molecule has 2 heterocycles. The highest BCUT2D eigenvalue weighted by Crippen LogP contribution is 2.29. The zero-order valence-electron chi connectivity index (χ0n) is 20.8. The summed E-state index contributed by atoms with van der Waals surface area (Å²) in [6, 6.07) is 13.3. The predicted molar refractivity (Wildman–Crippen MR) is 133 cm³/mol. The average Bonchev–Trinajstić information content (AvgIpc) is 2.88. The fraction of sp³-hybridized carbons (Fsp3) is 0.481. The molecule has 1 amide bonds. The number of carbonyl (C=O) groups is 1. The second-order valence-corrected chi connectivity index (χ2v) is 9.78. The molecule has 2 aliphatic rings. The highest BCUT2D eigenvalue weighted by atomic mass is 19.4. The fourth-order valence-corrected chi connectivity index (χ4v) is 4.99. The van der Waals surface area contributed by atoms with Gasteiger partial charge in [-0.2, -0.15) is 18.4 Å². The van der Waals surface area contributed by atoms with Crippen LogP contribution in [-0.2, 0) is 12.7 Å². The summed E-state index contributed by atoms with van der Waals surface area (Å²) in [4.78, 5) is 21.3. The first-order chi connectivity index (χ1) is 17.2. The molecule has 36 heavy (non-hydrogen) atoms. The van der Waals surface area contributed by atoms with Crippen molar-refractivity contribution in [1.29, 1.82) is 5.26 Å². The zero-order chi connectivity index (χ0) is 25.9. The van der Waals surface area contributed by atoms with Crippen LogP contribution in [0.4, 0.5) is 18.9 Å². The molecule has 0 atom stereocenters. The molecule has 0 radical (unpaired) electrons. The first kappa shape index (κ1) is 26.0. The van der Waals surface area contributed by atoms with Crippen molar-refractivity contribution in [2.75, 3.05) is 58.3 Å². The number of carbonyl (C=O) groups excluding carboxylic acids is 1. The summed E-state index contributed by atoms with van der Waals surface area (Å²) < 4.78 is 38.4. The molecular weight excluding hydrogens is 467 g/mol. The number of anilines is 1. The van der Waals surface area contributed by atoms with Crippen molar-refractivity contribution in [3.8, 4) is 6.07 Å². The number of nitriles is 1. The van der Waals surface area contributed by atoms with E-state index in [1.54, 1.807) is 4.90 Å². The van der Waals surface area contributed by atoms with Crippen LogP contribution >= 0.6 is 0 Å². The van der Waals surface area contributed by atoms with Crippen LogP contribution in [-0.4, -0.2) is 80.0 Å². The lowest BCUT2D eigenvalue weighted by Crippen LogP contribution is -2.48. The number of rotatable bonds is 5. The van der Waals surface area contributed by atoms with Crippen molar-refractivity contribution in [3.05, 3.63) is 64.7 Å². The van der Waals surface area contributed by atoms with Crippen LogP contribution in [0.1, 0.15) is 39.9 Å². The fourth-order valence-electron chi connectivity index (χ4n) is 4.99. The van der Waals surface area contributed by atoms with Crippen LogP contribution in [0.5, 0.6) is 0 Å². The molecule has 4 rings (SSSR count). The van der Waals surface area contributed by atoms with Crippen LogP contribution in [0.3, 0.4) is 0 Å². The van der Waals surface area contributed by atoms with Gasteiger partial charge in [0.05, 0.1) is 17.2 Å². The van der Waals surface area contributed by atoms with Crippen molar-refractivity contribution in [2.45, 2.75) is 31.6 Å². The number of amides is 1. The van der Waals surface area contributed by atoms with E-state index < -0.39 is 11.7 Å². The van der Waals surface area contributed by atoms with E-state index in [2.05, 4.69) is 40.9 Å². The first-order valence-corrected chi connectivity index (χ1v) is 12.3. The lowest BCUT2D eigenvalue weighted by atomic mass is 10.0. The van der Waals surface area contributed by atoms with Crippen molar-refractivity contribution >= 4 is 11.6 Å². The Bertz CT molecular complexity index is 1090. The van der Waals surface area contributed by atoms with E-state index in [4.69, 9.17) is 0 Å². The molecule has 0 N–H and O–H groups in total. The smallest absolute Gasteiger partial charge is 0.371 e. The van der Waals surface area contributed by atoms with Gasteiger partial charge in [0.2, 0.25) is 0 Å². The monoisotopic (exact) mass is 499 g/mol. The maximum absolute atomic E-state index is 12.8. The highest BCUT2D eigenvalue weighted by molar-refractivity contribution is 5.94. The Kier molecular flexibility index (Phi) is 7.86. The van der Waals surface area contributed by atoms with Gasteiger partial charge >= 0.3 is 6.18 Å². The summed E-state index contributed by atoms with van der Waals surface area (Å²) in [5.41, 5.74) is 2.27. The van der Waals surface area contributed by atoms with Crippen molar-refractivity contribution in [3.63, 3.8) is 0 Å². The first-order valence-electron chi connectivity index (χ1n) is 12.3. The molecule has 2 aromatic carbocycles. The van der Waals surface area contributed by atoms with Crippen LogP contribution in [0, 0.1) is 11.3 Å². The van der Waals surface area contributed by atoms with Gasteiger partial charge in [0.15, 0.2) is 0 Å². The SMILES string of the molecule is CN(C)C1CCN(c2ccc(C#N)c(CN3CCN(C(=O)c4ccc(C(F)(F)F)cc4)CC3)c2)CC1. The van der Waals surface area contributed by atoms with E-state index in [1.165, 1.54) is 12.1 Å². The van der Waals surface area contributed by atoms with Gasteiger partial charge in [-0.25, -0.2) is 0 Å². The average molecular weight is 500 g/mol. The molecule has 2 saturated heterocycles. The van der Waals surface area contributed by atoms with Gasteiger partial charge in [0, 0.05) is 63.1 Å². The molecule has 6 nitrogen and oxygen atoms in total. The maximum Gasteiger partial charge on any atom is 0.416 e. The maximum atomic E-state index is 12.8. The Morgan fingerprint density at radius 3 is 2.19 bits per heavy atom. The van der Waals surface area contributed by atoms with E-state index in [0.29, 0.717) is 44.3 Å². The van der Waals surface area contributed by atoms with E-state index in [1.807, 2.05) is 12.1 Å². The second kappa shape index (κ2) is 10.9. The second-order valence-electron chi connectivity index (χ2n) is 9.78. The normalized spacial score (nSPS) is 17.9. The third-order valence-electron chi connectivity index (χ3n) is 7.28. The quantitative estimate of drug-likeness (QED) is 0.621. The van der Waals surface area contributed by atoms with Gasteiger partial charge in [-0.3, -0.25) is 9.69 Å². The molecule has 0 aliphatic carbocycles. The summed E-state index contributed by atoms with van der Waals surface area (Å²) in [6.45, 7) is 4.83. The van der Waals surface area contributed by atoms with Gasteiger partial charge in [-0.05, 0) is 75.0 Å². The van der Waals surface area contributed by atoms with Crippen LogP contribution in [0.25, 0.3) is 0 Å². The third-order valence-corrected chi connectivity index (χ3v) is 7.28. The number of benzene rings is 2. The molecule has 0 aromatic heterocycles. The van der Waals surface area contributed by atoms with E-state index in [-0.39, 0.29) is 11.5 Å². The molecule has 192 valence electrons. The number of piperidine rings is 1. The molecule has 0 unspecified atom stereocenters. The lowest BCUT2D eigenvalue weighted by molar-refractivity contribution is -0.137. The molecule has 0 spiro atoms. The van der Waals surface area contributed by atoms with Gasteiger partial charge in [0.25, 0.3) is 5.91 Å². The van der Waals surface area contributed by atoms with Gasteiger partial charge < -0.3 is 14.7 Å². The van der Waals surface area contributed by atoms with Crippen molar-refractivity contribution in [1.82, 2.24) is 14.7 Å². The number of halogens is 3. The molecular formula is C27H32F3N5O.